The first kappa shape index (κ1) is 12.2. The maximum atomic E-state index is 3.48. The first-order valence-electron chi connectivity index (χ1n) is 6.28. The predicted molar refractivity (Wildman–Crippen MR) is 85.4 cm³/mol. The van der Waals surface area contributed by atoms with Crippen LogP contribution in [0.15, 0.2) is 71.2 Å². The minimum Gasteiger partial charge on any atom is -0.381 e. The Balaban J connectivity index is 1.78. The average Bonchev–Trinajstić information content (AvgIpc) is 2.45. The molecule has 0 fully saturated rings. The number of halogens is 1. The van der Waals surface area contributed by atoms with Gasteiger partial charge in [0.15, 0.2) is 0 Å². The molecule has 3 aromatic rings. The molecule has 0 aromatic heterocycles. The summed E-state index contributed by atoms with van der Waals surface area (Å²) in [5.41, 5.74) is 2.42. The zero-order chi connectivity index (χ0) is 13.1. The van der Waals surface area contributed by atoms with Gasteiger partial charge in [0.25, 0.3) is 0 Å². The van der Waals surface area contributed by atoms with E-state index < -0.39 is 0 Å². The smallest absolute Gasteiger partial charge is 0.0401 e. The predicted octanol–water partition coefficient (Wildman–Crippen LogP) is 5.21. The summed E-state index contributed by atoms with van der Waals surface area (Å²) in [4.78, 5) is 0. The van der Waals surface area contributed by atoms with Crippen molar-refractivity contribution in [2.45, 2.75) is 6.54 Å². The lowest BCUT2D eigenvalue weighted by molar-refractivity contribution is 1.15. The van der Waals surface area contributed by atoms with E-state index in [4.69, 9.17) is 0 Å². The molecule has 0 saturated carbocycles. The van der Waals surface area contributed by atoms with E-state index in [9.17, 15) is 0 Å². The van der Waals surface area contributed by atoms with E-state index in [0.717, 1.165) is 16.7 Å². The summed E-state index contributed by atoms with van der Waals surface area (Å²) < 4.78 is 1.09. The van der Waals surface area contributed by atoms with Gasteiger partial charge in [0.1, 0.15) is 0 Å². The van der Waals surface area contributed by atoms with Gasteiger partial charge in [-0.15, -0.1) is 0 Å². The molecule has 2 heteroatoms. The van der Waals surface area contributed by atoms with Gasteiger partial charge in [0.2, 0.25) is 0 Å². The summed E-state index contributed by atoms with van der Waals surface area (Å²) in [6.07, 6.45) is 0. The van der Waals surface area contributed by atoms with E-state index in [1.165, 1.54) is 16.3 Å². The molecule has 0 aliphatic rings. The second-order valence-corrected chi connectivity index (χ2v) is 5.46. The Labute approximate surface area is 121 Å². The van der Waals surface area contributed by atoms with Crippen molar-refractivity contribution in [2.75, 3.05) is 5.32 Å². The van der Waals surface area contributed by atoms with Crippen LogP contribution in [0.1, 0.15) is 5.56 Å². The Morgan fingerprint density at radius 1 is 0.789 bits per heavy atom. The second kappa shape index (κ2) is 5.45. The number of hydrogen-bond acceptors (Lipinski definition) is 1. The molecule has 0 unspecified atom stereocenters. The highest BCUT2D eigenvalue weighted by Crippen LogP contribution is 2.19. The average molecular weight is 312 g/mol. The van der Waals surface area contributed by atoms with Crippen LogP contribution in [0.3, 0.4) is 0 Å². The van der Waals surface area contributed by atoms with E-state index in [0.29, 0.717) is 0 Å². The Hall–Kier alpha value is -1.80. The standard InChI is InChI=1S/C17H14BrN/c18-16-6-3-7-17(11-16)19-12-13-8-9-14-4-1-2-5-15(14)10-13/h1-11,19H,12H2. The fraction of sp³-hybridized carbons (Fsp3) is 0.0588. The summed E-state index contributed by atoms with van der Waals surface area (Å²) in [6.45, 7) is 0.835. The maximum absolute atomic E-state index is 3.48. The van der Waals surface area contributed by atoms with Gasteiger partial charge in [-0.05, 0) is 40.6 Å². The van der Waals surface area contributed by atoms with E-state index in [-0.39, 0.29) is 0 Å². The van der Waals surface area contributed by atoms with Gasteiger partial charge < -0.3 is 5.32 Å². The van der Waals surface area contributed by atoms with E-state index >= 15 is 0 Å². The summed E-state index contributed by atoms with van der Waals surface area (Å²) in [6, 6.07) is 23.2. The van der Waals surface area contributed by atoms with E-state index in [1.807, 2.05) is 12.1 Å². The second-order valence-electron chi connectivity index (χ2n) is 4.55. The van der Waals surface area contributed by atoms with Gasteiger partial charge in [-0.3, -0.25) is 0 Å². The van der Waals surface area contributed by atoms with Gasteiger partial charge in [-0.25, -0.2) is 0 Å². The molecule has 0 radical (unpaired) electrons. The molecule has 94 valence electrons. The first-order chi connectivity index (χ1) is 9.31. The highest BCUT2D eigenvalue weighted by molar-refractivity contribution is 9.10. The van der Waals surface area contributed by atoms with Crippen LogP contribution in [0.4, 0.5) is 5.69 Å². The molecule has 19 heavy (non-hydrogen) atoms. The van der Waals surface area contributed by atoms with Crippen molar-refractivity contribution in [1.29, 1.82) is 0 Å². The quantitative estimate of drug-likeness (QED) is 0.699. The SMILES string of the molecule is Brc1cccc(NCc2ccc3ccccc3c2)c1. The van der Waals surface area contributed by atoms with Crippen molar-refractivity contribution in [3.8, 4) is 0 Å². The summed E-state index contributed by atoms with van der Waals surface area (Å²) in [7, 11) is 0. The molecule has 1 N–H and O–H groups in total. The zero-order valence-electron chi connectivity index (χ0n) is 10.4. The highest BCUT2D eigenvalue weighted by atomic mass is 79.9. The fourth-order valence-corrected chi connectivity index (χ4v) is 2.55. The lowest BCUT2D eigenvalue weighted by Crippen LogP contribution is -1.98. The van der Waals surface area contributed by atoms with Crippen molar-refractivity contribution in [3.63, 3.8) is 0 Å². The van der Waals surface area contributed by atoms with Gasteiger partial charge in [0.05, 0.1) is 0 Å². The van der Waals surface area contributed by atoms with E-state index in [1.54, 1.807) is 0 Å². The molecule has 1 nitrogen and oxygen atoms in total. The van der Waals surface area contributed by atoms with Crippen molar-refractivity contribution >= 4 is 32.4 Å². The third-order valence-electron chi connectivity index (χ3n) is 3.14. The number of fused-ring (bicyclic) bond motifs is 1. The van der Waals surface area contributed by atoms with Crippen LogP contribution in [0.2, 0.25) is 0 Å². The normalized spacial score (nSPS) is 10.6. The minimum atomic E-state index is 0.835. The van der Waals surface area contributed by atoms with Crippen LogP contribution in [0.25, 0.3) is 10.8 Å². The molecular weight excluding hydrogens is 298 g/mol. The number of rotatable bonds is 3. The van der Waals surface area contributed by atoms with Gasteiger partial charge >= 0.3 is 0 Å². The number of nitrogens with one attached hydrogen (secondary N) is 1. The molecule has 0 bridgehead atoms. The molecule has 0 atom stereocenters. The van der Waals surface area contributed by atoms with E-state index in [2.05, 4.69) is 75.8 Å². The lowest BCUT2D eigenvalue weighted by Gasteiger charge is -2.08. The molecule has 0 aliphatic carbocycles. The first-order valence-corrected chi connectivity index (χ1v) is 7.08. The topological polar surface area (TPSA) is 12.0 Å². The van der Waals surface area contributed by atoms with Crippen LogP contribution in [0, 0.1) is 0 Å². The number of anilines is 1. The summed E-state index contributed by atoms with van der Waals surface area (Å²) >= 11 is 3.48. The van der Waals surface area contributed by atoms with Crippen molar-refractivity contribution in [2.24, 2.45) is 0 Å². The molecule has 0 aliphatic heterocycles. The summed E-state index contributed by atoms with van der Waals surface area (Å²) in [5, 5.41) is 6.01. The Kier molecular flexibility index (Phi) is 3.51. The third-order valence-corrected chi connectivity index (χ3v) is 3.63. The monoisotopic (exact) mass is 311 g/mol. The molecule has 0 spiro atoms. The summed E-state index contributed by atoms with van der Waals surface area (Å²) in [5.74, 6) is 0. The lowest BCUT2D eigenvalue weighted by atomic mass is 10.1. The molecular formula is C17H14BrN. The van der Waals surface area contributed by atoms with Crippen LogP contribution in [-0.4, -0.2) is 0 Å². The van der Waals surface area contributed by atoms with Gasteiger partial charge in [-0.1, -0.05) is 58.4 Å². The molecule has 3 rings (SSSR count). The van der Waals surface area contributed by atoms with Crippen molar-refractivity contribution in [3.05, 3.63) is 76.8 Å². The Morgan fingerprint density at radius 2 is 1.63 bits per heavy atom. The molecule has 0 saturated heterocycles. The van der Waals surface area contributed by atoms with Crippen LogP contribution in [0.5, 0.6) is 0 Å². The third kappa shape index (κ3) is 2.96. The molecule has 0 heterocycles. The zero-order valence-corrected chi connectivity index (χ0v) is 12.0. The molecule has 3 aromatic carbocycles. The maximum Gasteiger partial charge on any atom is 0.0401 e. The number of hydrogen-bond donors (Lipinski definition) is 1. The van der Waals surface area contributed by atoms with Gasteiger partial charge in [0, 0.05) is 16.7 Å². The minimum absolute atomic E-state index is 0.835. The van der Waals surface area contributed by atoms with Crippen LogP contribution in [-0.2, 0) is 6.54 Å². The fourth-order valence-electron chi connectivity index (χ4n) is 2.15. The van der Waals surface area contributed by atoms with Crippen molar-refractivity contribution < 1.29 is 0 Å². The Morgan fingerprint density at radius 3 is 2.47 bits per heavy atom. The van der Waals surface area contributed by atoms with Crippen molar-refractivity contribution in [1.82, 2.24) is 0 Å². The van der Waals surface area contributed by atoms with Gasteiger partial charge in [-0.2, -0.15) is 0 Å². The highest BCUT2D eigenvalue weighted by Gasteiger charge is 1.97. The number of benzene rings is 3. The van der Waals surface area contributed by atoms with Crippen LogP contribution < -0.4 is 5.32 Å². The largest absolute Gasteiger partial charge is 0.381 e. The van der Waals surface area contributed by atoms with Crippen LogP contribution >= 0.6 is 15.9 Å². The molecule has 0 amide bonds. The Bertz CT molecular complexity index is 706.